The van der Waals surface area contributed by atoms with E-state index in [-0.39, 0.29) is 11.7 Å². The molecule has 0 spiro atoms. The van der Waals surface area contributed by atoms with E-state index >= 15 is 0 Å². The number of nitrogens with one attached hydrogen (secondary N) is 1. The summed E-state index contributed by atoms with van der Waals surface area (Å²) in [6, 6.07) is 8.95. The molecule has 0 bridgehead atoms. The van der Waals surface area contributed by atoms with Crippen molar-refractivity contribution in [2.75, 3.05) is 5.75 Å². The van der Waals surface area contributed by atoms with Crippen LogP contribution in [0, 0.1) is 12.7 Å². The summed E-state index contributed by atoms with van der Waals surface area (Å²) in [4.78, 5) is 11.6. The molecule has 100 valence electrons. The fourth-order valence-electron chi connectivity index (χ4n) is 1.48. The number of halogens is 1. The van der Waals surface area contributed by atoms with Crippen LogP contribution in [0.3, 0.4) is 0 Å². The Kier molecular flexibility index (Phi) is 4.99. The van der Waals surface area contributed by atoms with Gasteiger partial charge in [-0.2, -0.15) is 0 Å². The van der Waals surface area contributed by atoms with E-state index in [0.717, 1.165) is 9.77 Å². The largest absolute Gasteiger partial charge is 0.351 e. The van der Waals surface area contributed by atoms with Crippen LogP contribution >= 0.6 is 23.1 Å². The topological polar surface area (TPSA) is 29.1 Å². The Morgan fingerprint density at radius 2 is 2.26 bits per heavy atom. The second kappa shape index (κ2) is 6.73. The van der Waals surface area contributed by atoms with Crippen molar-refractivity contribution in [1.82, 2.24) is 5.32 Å². The van der Waals surface area contributed by atoms with Gasteiger partial charge in [0.05, 0.1) is 9.96 Å². The molecule has 2 aromatic rings. The Morgan fingerprint density at radius 3 is 2.95 bits per heavy atom. The van der Waals surface area contributed by atoms with Crippen molar-refractivity contribution in [1.29, 1.82) is 0 Å². The predicted octanol–water partition coefficient (Wildman–Crippen LogP) is 3.60. The number of carbonyl (C=O) groups excluding carboxylic acids is 1. The van der Waals surface area contributed by atoms with Gasteiger partial charge in [0.1, 0.15) is 5.82 Å². The summed E-state index contributed by atoms with van der Waals surface area (Å²) < 4.78 is 14.4. The zero-order chi connectivity index (χ0) is 13.7. The lowest BCUT2D eigenvalue weighted by Crippen LogP contribution is -2.24. The molecule has 0 atom stereocenters. The van der Waals surface area contributed by atoms with E-state index in [1.165, 1.54) is 17.8 Å². The zero-order valence-electron chi connectivity index (χ0n) is 10.5. The number of carbonyl (C=O) groups is 1. The van der Waals surface area contributed by atoms with Gasteiger partial charge >= 0.3 is 0 Å². The second-order valence-electron chi connectivity index (χ2n) is 4.08. The summed E-state index contributed by atoms with van der Waals surface area (Å²) in [6.07, 6.45) is 0. The molecule has 0 unspecified atom stereocenters. The summed E-state index contributed by atoms with van der Waals surface area (Å²) in [5.41, 5.74) is 1.39. The highest BCUT2D eigenvalue weighted by Gasteiger charge is 2.04. The van der Waals surface area contributed by atoms with Gasteiger partial charge in [-0.05, 0) is 35.6 Å². The Morgan fingerprint density at radius 1 is 1.42 bits per heavy atom. The molecule has 2 nitrogen and oxygen atoms in total. The van der Waals surface area contributed by atoms with Gasteiger partial charge in [-0.15, -0.1) is 23.1 Å². The number of hydrogen-bond donors (Lipinski definition) is 1. The maximum atomic E-state index is 13.3. The average molecular weight is 295 g/mol. The van der Waals surface area contributed by atoms with Crippen LogP contribution < -0.4 is 5.32 Å². The van der Waals surface area contributed by atoms with E-state index in [4.69, 9.17) is 0 Å². The van der Waals surface area contributed by atoms with E-state index in [1.54, 1.807) is 24.3 Å². The van der Waals surface area contributed by atoms with Gasteiger partial charge in [0.15, 0.2) is 0 Å². The van der Waals surface area contributed by atoms with Crippen molar-refractivity contribution in [3.05, 3.63) is 52.7 Å². The SMILES string of the molecule is Cc1ccc(CNC(=O)CSc2cccs2)cc1F. The molecule has 5 heteroatoms. The van der Waals surface area contributed by atoms with Gasteiger partial charge in [0.25, 0.3) is 0 Å². The lowest BCUT2D eigenvalue weighted by Gasteiger charge is -2.06. The van der Waals surface area contributed by atoms with Gasteiger partial charge in [-0.3, -0.25) is 4.79 Å². The highest BCUT2D eigenvalue weighted by atomic mass is 32.2. The zero-order valence-corrected chi connectivity index (χ0v) is 12.1. The van der Waals surface area contributed by atoms with Crippen LogP contribution in [0.4, 0.5) is 4.39 Å². The minimum atomic E-state index is -0.236. The van der Waals surface area contributed by atoms with Crippen LogP contribution in [0.1, 0.15) is 11.1 Å². The molecule has 0 saturated carbocycles. The first kappa shape index (κ1) is 14.1. The minimum Gasteiger partial charge on any atom is -0.351 e. The van der Waals surface area contributed by atoms with Crippen LogP contribution in [0.25, 0.3) is 0 Å². The molecule has 0 radical (unpaired) electrons. The molecular formula is C14H14FNOS2. The lowest BCUT2D eigenvalue weighted by atomic mass is 10.1. The summed E-state index contributed by atoms with van der Waals surface area (Å²) in [5, 5.41) is 4.77. The molecule has 1 aromatic heterocycles. The van der Waals surface area contributed by atoms with Gasteiger partial charge in [-0.25, -0.2) is 4.39 Å². The van der Waals surface area contributed by atoms with E-state index in [9.17, 15) is 9.18 Å². The molecule has 1 amide bonds. The second-order valence-corrected chi connectivity index (χ2v) is 6.30. The number of hydrogen-bond acceptors (Lipinski definition) is 3. The normalized spacial score (nSPS) is 10.4. The number of thioether (sulfide) groups is 1. The third-order valence-corrected chi connectivity index (χ3v) is 4.70. The van der Waals surface area contributed by atoms with Crippen LogP contribution in [0.5, 0.6) is 0 Å². The lowest BCUT2D eigenvalue weighted by molar-refractivity contribution is -0.118. The smallest absolute Gasteiger partial charge is 0.230 e. The van der Waals surface area contributed by atoms with Gasteiger partial charge < -0.3 is 5.32 Å². The first-order chi connectivity index (χ1) is 9.15. The number of thiophene rings is 1. The Labute approximate surface area is 120 Å². The first-order valence-electron chi connectivity index (χ1n) is 5.83. The number of amides is 1. The van der Waals surface area contributed by atoms with Gasteiger partial charge in [0.2, 0.25) is 5.91 Å². The summed E-state index contributed by atoms with van der Waals surface area (Å²) in [6.45, 7) is 2.08. The molecule has 1 heterocycles. The van der Waals surface area contributed by atoms with Crippen LogP contribution in [0.15, 0.2) is 39.9 Å². The molecule has 0 fully saturated rings. The standard InChI is InChI=1S/C14H14FNOS2/c1-10-4-5-11(7-12(10)15)8-16-13(17)9-19-14-3-2-6-18-14/h2-7H,8-9H2,1H3,(H,16,17). The predicted molar refractivity (Wildman–Crippen MR) is 78.0 cm³/mol. The molecule has 0 aliphatic heterocycles. The van der Waals surface area contributed by atoms with E-state index in [2.05, 4.69) is 5.32 Å². The van der Waals surface area contributed by atoms with E-state index in [1.807, 2.05) is 23.6 Å². The fraction of sp³-hybridized carbons (Fsp3) is 0.214. The van der Waals surface area contributed by atoms with Crippen molar-refractivity contribution in [3.63, 3.8) is 0 Å². The van der Waals surface area contributed by atoms with Crippen molar-refractivity contribution in [2.45, 2.75) is 17.7 Å². The molecule has 1 N–H and O–H groups in total. The first-order valence-corrected chi connectivity index (χ1v) is 7.70. The Bertz CT molecular complexity index is 555. The van der Waals surface area contributed by atoms with Gasteiger partial charge in [-0.1, -0.05) is 18.2 Å². The molecule has 1 aromatic carbocycles. The highest BCUT2D eigenvalue weighted by Crippen LogP contribution is 2.22. The highest BCUT2D eigenvalue weighted by molar-refractivity contribution is 8.01. The number of benzene rings is 1. The van der Waals surface area contributed by atoms with Gasteiger partial charge in [0, 0.05) is 6.54 Å². The maximum Gasteiger partial charge on any atom is 0.230 e. The van der Waals surface area contributed by atoms with Crippen molar-refractivity contribution >= 4 is 29.0 Å². The Hall–Kier alpha value is -1.33. The molecular weight excluding hydrogens is 281 g/mol. The van der Waals surface area contributed by atoms with Crippen molar-refractivity contribution in [3.8, 4) is 0 Å². The minimum absolute atomic E-state index is 0.0422. The summed E-state index contributed by atoms with van der Waals surface area (Å²) in [7, 11) is 0. The van der Waals surface area contributed by atoms with E-state index < -0.39 is 0 Å². The van der Waals surface area contributed by atoms with E-state index in [0.29, 0.717) is 17.9 Å². The molecule has 0 aliphatic rings. The molecule has 19 heavy (non-hydrogen) atoms. The van der Waals surface area contributed by atoms with Crippen molar-refractivity contribution in [2.24, 2.45) is 0 Å². The summed E-state index contributed by atoms with van der Waals surface area (Å²) >= 11 is 3.12. The molecule has 0 saturated heterocycles. The molecule has 0 aliphatic carbocycles. The quantitative estimate of drug-likeness (QED) is 0.854. The third kappa shape index (κ3) is 4.36. The van der Waals surface area contributed by atoms with Crippen LogP contribution in [0.2, 0.25) is 0 Å². The monoisotopic (exact) mass is 295 g/mol. The number of rotatable bonds is 5. The summed E-state index contributed by atoms with van der Waals surface area (Å²) in [5.74, 6) is 0.105. The average Bonchev–Trinajstić information content (AvgIpc) is 2.91. The number of aryl methyl sites for hydroxylation is 1. The third-order valence-electron chi connectivity index (χ3n) is 2.57. The molecule has 2 rings (SSSR count). The van der Waals surface area contributed by atoms with Crippen LogP contribution in [-0.2, 0) is 11.3 Å². The Balaban J connectivity index is 1.78. The van der Waals surface area contributed by atoms with Crippen LogP contribution in [-0.4, -0.2) is 11.7 Å². The fourth-order valence-corrected chi connectivity index (χ4v) is 3.09. The maximum absolute atomic E-state index is 13.3. The van der Waals surface area contributed by atoms with Crippen molar-refractivity contribution < 1.29 is 9.18 Å².